The molecule has 0 spiro atoms. The maximum atomic E-state index is 15.0. The van der Waals surface area contributed by atoms with Gasteiger partial charge in [-0.2, -0.15) is 0 Å². The molecule has 4 aromatic rings. The van der Waals surface area contributed by atoms with E-state index >= 15 is 0 Å². The lowest BCUT2D eigenvalue weighted by atomic mass is 9.97. The zero-order valence-electron chi connectivity index (χ0n) is 19.8. The van der Waals surface area contributed by atoms with E-state index in [1.54, 1.807) is 48.5 Å². The second-order valence-electron chi connectivity index (χ2n) is 8.23. The lowest BCUT2D eigenvalue weighted by Gasteiger charge is -2.11. The van der Waals surface area contributed by atoms with Crippen molar-refractivity contribution < 1.29 is 22.6 Å². The maximum Gasteiger partial charge on any atom is 0.167 e. The van der Waals surface area contributed by atoms with Crippen molar-refractivity contribution in [2.75, 3.05) is 6.61 Å². The third-order valence-electron chi connectivity index (χ3n) is 5.78. The highest BCUT2D eigenvalue weighted by Gasteiger charge is 2.16. The third-order valence-corrected chi connectivity index (χ3v) is 5.78. The van der Waals surface area contributed by atoms with Gasteiger partial charge in [-0.3, -0.25) is 0 Å². The molecule has 0 amide bonds. The second-order valence-corrected chi connectivity index (χ2v) is 8.23. The molecule has 0 aliphatic heterocycles. The first-order chi connectivity index (χ1) is 17.0. The standard InChI is InChI=1S/C30H27F3O2/c1-3-5-20-6-8-21(9-7-20)26-16-17-27(30(33)29(26)32)22-10-13-24(14-11-22)35-19-23-12-15-25(34-4-2)18-28(23)31/h6-18H,3-5,19H2,1-2H3. The Hall–Kier alpha value is -3.73. The molecule has 180 valence electrons. The zero-order valence-corrected chi connectivity index (χ0v) is 19.8. The minimum Gasteiger partial charge on any atom is -0.494 e. The van der Waals surface area contributed by atoms with Crippen LogP contribution in [0.1, 0.15) is 31.4 Å². The molecule has 0 aromatic heterocycles. The van der Waals surface area contributed by atoms with Gasteiger partial charge in [0, 0.05) is 22.8 Å². The van der Waals surface area contributed by atoms with Gasteiger partial charge in [0.1, 0.15) is 23.9 Å². The molecule has 0 radical (unpaired) electrons. The zero-order chi connectivity index (χ0) is 24.8. The van der Waals surface area contributed by atoms with Gasteiger partial charge in [-0.25, -0.2) is 13.2 Å². The first-order valence-corrected chi connectivity index (χ1v) is 11.7. The van der Waals surface area contributed by atoms with Crippen molar-refractivity contribution in [1.29, 1.82) is 0 Å². The Morgan fingerprint density at radius 3 is 1.74 bits per heavy atom. The number of halogens is 3. The second kappa shape index (κ2) is 11.1. The summed E-state index contributed by atoms with van der Waals surface area (Å²) in [5, 5.41) is 0. The van der Waals surface area contributed by atoms with Gasteiger partial charge < -0.3 is 9.47 Å². The topological polar surface area (TPSA) is 18.5 Å². The SMILES string of the molecule is CCCc1ccc(-c2ccc(-c3ccc(OCc4ccc(OCC)cc4F)cc3)c(F)c2F)cc1. The lowest BCUT2D eigenvalue weighted by molar-refractivity contribution is 0.298. The molecule has 2 nitrogen and oxygen atoms in total. The summed E-state index contributed by atoms with van der Waals surface area (Å²) in [5.41, 5.74) is 3.11. The fourth-order valence-electron chi connectivity index (χ4n) is 3.93. The van der Waals surface area contributed by atoms with E-state index in [0.717, 1.165) is 12.8 Å². The van der Waals surface area contributed by atoms with Crippen molar-refractivity contribution in [2.24, 2.45) is 0 Å². The van der Waals surface area contributed by atoms with Crippen LogP contribution in [-0.4, -0.2) is 6.61 Å². The summed E-state index contributed by atoms with van der Waals surface area (Å²) < 4.78 is 55.1. The summed E-state index contributed by atoms with van der Waals surface area (Å²) in [6.45, 7) is 4.43. The van der Waals surface area contributed by atoms with Crippen LogP contribution in [0, 0.1) is 17.5 Å². The Morgan fingerprint density at radius 1 is 0.629 bits per heavy atom. The number of hydrogen-bond donors (Lipinski definition) is 0. The van der Waals surface area contributed by atoms with Gasteiger partial charge in [0.2, 0.25) is 0 Å². The quantitative estimate of drug-likeness (QED) is 0.242. The summed E-state index contributed by atoms with van der Waals surface area (Å²) in [6, 6.07) is 22.0. The van der Waals surface area contributed by atoms with E-state index < -0.39 is 17.5 Å². The van der Waals surface area contributed by atoms with Gasteiger partial charge in [-0.15, -0.1) is 0 Å². The Kier molecular flexibility index (Phi) is 7.76. The van der Waals surface area contributed by atoms with Gasteiger partial charge in [0.15, 0.2) is 11.6 Å². The molecule has 0 unspecified atom stereocenters. The lowest BCUT2D eigenvalue weighted by Crippen LogP contribution is -2.00. The summed E-state index contributed by atoms with van der Waals surface area (Å²) in [5.74, 6) is -1.23. The molecule has 0 saturated carbocycles. The first-order valence-electron chi connectivity index (χ1n) is 11.7. The monoisotopic (exact) mass is 476 g/mol. The van der Waals surface area contributed by atoms with Gasteiger partial charge in [0.25, 0.3) is 0 Å². The van der Waals surface area contributed by atoms with Gasteiger partial charge in [-0.1, -0.05) is 61.9 Å². The van der Waals surface area contributed by atoms with Crippen molar-refractivity contribution in [2.45, 2.75) is 33.3 Å². The molecule has 0 heterocycles. The van der Waals surface area contributed by atoms with Crippen LogP contribution in [0.5, 0.6) is 11.5 Å². The van der Waals surface area contributed by atoms with Crippen LogP contribution in [0.15, 0.2) is 78.9 Å². The molecule has 4 rings (SSSR count). The number of benzene rings is 4. The van der Waals surface area contributed by atoms with Crippen LogP contribution in [0.25, 0.3) is 22.3 Å². The van der Waals surface area contributed by atoms with E-state index in [4.69, 9.17) is 9.47 Å². The first kappa shape index (κ1) is 24.4. The Labute approximate surface area is 204 Å². The molecular weight excluding hydrogens is 449 g/mol. The van der Waals surface area contributed by atoms with Gasteiger partial charge >= 0.3 is 0 Å². The van der Waals surface area contributed by atoms with E-state index in [9.17, 15) is 13.2 Å². The Morgan fingerprint density at radius 2 is 1.20 bits per heavy atom. The number of hydrogen-bond acceptors (Lipinski definition) is 2. The molecule has 0 aliphatic carbocycles. The van der Waals surface area contributed by atoms with Crippen molar-refractivity contribution in [1.82, 2.24) is 0 Å². The molecule has 0 N–H and O–H groups in total. The molecule has 0 atom stereocenters. The fourth-order valence-corrected chi connectivity index (χ4v) is 3.93. The average molecular weight is 477 g/mol. The summed E-state index contributed by atoms with van der Waals surface area (Å²) in [7, 11) is 0. The Balaban J connectivity index is 1.47. The molecule has 0 bridgehead atoms. The summed E-state index contributed by atoms with van der Waals surface area (Å²) >= 11 is 0. The van der Waals surface area contributed by atoms with Crippen LogP contribution in [0.2, 0.25) is 0 Å². The highest BCUT2D eigenvalue weighted by molar-refractivity contribution is 5.72. The van der Waals surface area contributed by atoms with Crippen LogP contribution < -0.4 is 9.47 Å². The van der Waals surface area contributed by atoms with E-state index in [-0.39, 0.29) is 17.7 Å². The molecule has 35 heavy (non-hydrogen) atoms. The van der Waals surface area contributed by atoms with Crippen molar-refractivity contribution >= 4 is 0 Å². The minimum absolute atomic E-state index is 0.0340. The number of aryl methyl sites for hydroxylation is 1. The summed E-state index contributed by atoms with van der Waals surface area (Å²) in [4.78, 5) is 0. The highest BCUT2D eigenvalue weighted by Crippen LogP contribution is 2.32. The van der Waals surface area contributed by atoms with Crippen molar-refractivity contribution in [3.05, 3.63) is 107 Å². The van der Waals surface area contributed by atoms with E-state index in [2.05, 4.69) is 6.92 Å². The number of ether oxygens (including phenoxy) is 2. The smallest absolute Gasteiger partial charge is 0.167 e. The van der Waals surface area contributed by atoms with E-state index in [0.29, 0.717) is 34.8 Å². The predicted octanol–water partition coefficient (Wildman–Crippen LogP) is 8.37. The molecule has 0 aliphatic rings. The Bertz CT molecular complexity index is 1280. The maximum absolute atomic E-state index is 15.0. The van der Waals surface area contributed by atoms with Crippen LogP contribution >= 0.6 is 0 Å². The van der Waals surface area contributed by atoms with E-state index in [1.165, 1.54) is 11.6 Å². The predicted molar refractivity (Wildman–Crippen MR) is 133 cm³/mol. The molecular formula is C30H27F3O2. The van der Waals surface area contributed by atoms with Crippen molar-refractivity contribution in [3.8, 4) is 33.8 Å². The highest BCUT2D eigenvalue weighted by atomic mass is 19.2. The molecule has 5 heteroatoms. The van der Waals surface area contributed by atoms with Crippen LogP contribution in [-0.2, 0) is 13.0 Å². The molecule has 4 aromatic carbocycles. The third kappa shape index (κ3) is 5.68. The largest absolute Gasteiger partial charge is 0.494 e. The summed E-state index contributed by atoms with van der Waals surface area (Å²) in [6.07, 6.45) is 1.98. The average Bonchev–Trinajstić information content (AvgIpc) is 2.87. The normalized spacial score (nSPS) is 10.9. The van der Waals surface area contributed by atoms with Gasteiger partial charge in [0.05, 0.1) is 6.61 Å². The fraction of sp³-hybridized carbons (Fsp3) is 0.200. The van der Waals surface area contributed by atoms with E-state index in [1.807, 2.05) is 31.2 Å². The number of rotatable bonds is 9. The molecule has 0 saturated heterocycles. The van der Waals surface area contributed by atoms with Crippen LogP contribution in [0.4, 0.5) is 13.2 Å². The van der Waals surface area contributed by atoms with Crippen LogP contribution in [0.3, 0.4) is 0 Å². The van der Waals surface area contributed by atoms with Gasteiger partial charge in [-0.05, 0) is 54.3 Å². The molecule has 0 fully saturated rings. The minimum atomic E-state index is -0.898. The van der Waals surface area contributed by atoms with Crippen molar-refractivity contribution in [3.63, 3.8) is 0 Å².